The lowest BCUT2D eigenvalue weighted by Crippen LogP contribution is -2.33. The Hall–Kier alpha value is -0.800. The first-order valence-corrected chi connectivity index (χ1v) is 4.25. The molecule has 1 atom stereocenters. The van der Waals surface area contributed by atoms with Crippen molar-refractivity contribution in [1.29, 1.82) is 0 Å². The van der Waals surface area contributed by atoms with E-state index >= 15 is 0 Å². The summed E-state index contributed by atoms with van der Waals surface area (Å²) in [5.74, 6) is 1.87. The zero-order chi connectivity index (χ0) is 8.39. The van der Waals surface area contributed by atoms with Crippen molar-refractivity contribution >= 4 is 0 Å². The Labute approximate surface area is 71.7 Å². The largest absolute Gasteiger partial charge is 0.464 e. The molecule has 0 aromatic carbocycles. The summed E-state index contributed by atoms with van der Waals surface area (Å²) in [6.45, 7) is 4.51. The van der Waals surface area contributed by atoms with Crippen LogP contribution in [0.1, 0.15) is 17.6 Å². The lowest BCUT2D eigenvalue weighted by molar-refractivity contribution is 0.0138. The molecule has 2 heterocycles. The summed E-state index contributed by atoms with van der Waals surface area (Å²) in [6.07, 6.45) is 0.104. The predicted molar refractivity (Wildman–Crippen MR) is 45.0 cm³/mol. The fourth-order valence-corrected chi connectivity index (χ4v) is 1.37. The second-order valence-corrected chi connectivity index (χ2v) is 3.01. The quantitative estimate of drug-likeness (QED) is 0.683. The van der Waals surface area contributed by atoms with E-state index in [9.17, 15) is 0 Å². The highest BCUT2D eigenvalue weighted by atomic mass is 16.5. The summed E-state index contributed by atoms with van der Waals surface area (Å²) in [5, 5.41) is 3.26. The van der Waals surface area contributed by atoms with Crippen molar-refractivity contribution in [3.63, 3.8) is 0 Å². The number of morpholine rings is 1. The molecule has 3 nitrogen and oxygen atoms in total. The Balaban J connectivity index is 2.08. The molecular formula is C9H13NO2. The molecule has 2 rings (SSSR count). The zero-order valence-corrected chi connectivity index (χ0v) is 7.17. The fraction of sp³-hybridized carbons (Fsp3) is 0.556. The average molecular weight is 167 g/mol. The molecule has 1 N–H and O–H groups in total. The molecule has 1 aliphatic heterocycles. The standard InChI is InChI=1S/C9H13NO2/c1-7-2-3-8(12-7)9-6-10-4-5-11-9/h2-3,9-10H,4-6H2,1H3. The van der Waals surface area contributed by atoms with Gasteiger partial charge in [-0.25, -0.2) is 0 Å². The predicted octanol–water partition coefficient (Wildman–Crippen LogP) is 1.25. The van der Waals surface area contributed by atoms with Crippen LogP contribution in [0.2, 0.25) is 0 Å². The maximum atomic E-state index is 5.52. The van der Waals surface area contributed by atoms with E-state index in [4.69, 9.17) is 9.15 Å². The lowest BCUT2D eigenvalue weighted by atomic mass is 10.2. The second kappa shape index (κ2) is 3.29. The molecule has 3 heteroatoms. The third-order valence-corrected chi connectivity index (χ3v) is 2.01. The third-order valence-electron chi connectivity index (χ3n) is 2.01. The van der Waals surface area contributed by atoms with Crippen LogP contribution in [-0.4, -0.2) is 19.7 Å². The van der Waals surface area contributed by atoms with Crippen LogP contribution in [-0.2, 0) is 4.74 Å². The Morgan fingerprint density at radius 3 is 3.00 bits per heavy atom. The number of aryl methyl sites for hydroxylation is 1. The number of ether oxygens (including phenoxy) is 1. The summed E-state index contributed by atoms with van der Waals surface area (Å²) >= 11 is 0. The molecule has 0 aliphatic carbocycles. The minimum absolute atomic E-state index is 0.104. The SMILES string of the molecule is Cc1ccc(C2CNCCO2)o1. The molecule has 1 aromatic rings. The Morgan fingerprint density at radius 2 is 2.42 bits per heavy atom. The van der Waals surface area contributed by atoms with Gasteiger partial charge in [-0.2, -0.15) is 0 Å². The highest BCUT2D eigenvalue weighted by Gasteiger charge is 2.18. The highest BCUT2D eigenvalue weighted by Crippen LogP contribution is 2.20. The average Bonchev–Trinajstić information content (AvgIpc) is 2.54. The molecule has 1 aromatic heterocycles. The van der Waals surface area contributed by atoms with Gasteiger partial charge in [0.05, 0.1) is 6.61 Å². The number of hydrogen-bond acceptors (Lipinski definition) is 3. The molecule has 1 fully saturated rings. The van der Waals surface area contributed by atoms with Crippen LogP contribution in [0.15, 0.2) is 16.5 Å². The molecule has 12 heavy (non-hydrogen) atoms. The van der Waals surface area contributed by atoms with Crippen molar-refractivity contribution in [1.82, 2.24) is 5.32 Å². The van der Waals surface area contributed by atoms with Gasteiger partial charge in [0, 0.05) is 13.1 Å². The Bertz CT molecular complexity index is 251. The van der Waals surface area contributed by atoms with Crippen molar-refractivity contribution in [3.8, 4) is 0 Å². The number of rotatable bonds is 1. The first-order valence-electron chi connectivity index (χ1n) is 4.25. The summed E-state index contributed by atoms with van der Waals surface area (Å²) in [7, 11) is 0. The minimum Gasteiger partial charge on any atom is -0.464 e. The molecule has 0 spiro atoms. The van der Waals surface area contributed by atoms with Gasteiger partial charge in [0.2, 0.25) is 0 Å². The Kier molecular flexibility index (Phi) is 2.15. The number of hydrogen-bond donors (Lipinski definition) is 1. The van der Waals surface area contributed by atoms with Crippen LogP contribution in [0.25, 0.3) is 0 Å². The van der Waals surface area contributed by atoms with Crippen LogP contribution >= 0.6 is 0 Å². The molecule has 0 bridgehead atoms. The van der Waals surface area contributed by atoms with E-state index < -0.39 is 0 Å². The van der Waals surface area contributed by atoms with E-state index in [0.29, 0.717) is 0 Å². The summed E-state index contributed by atoms with van der Waals surface area (Å²) in [5.41, 5.74) is 0. The normalized spacial score (nSPS) is 24.2. The molecule has 1 aliphatic rings. The second-order valence-electron chi connectivity index (χ2n) is 3.01. The first kappa shape index (κ1) is 7.83. The van der Waals surface area contributed by atoms with E-state index in [0.717, 1.165) is 31.2 Å². The summed E-state index contributed by atoms with van der Waals surface area (Å²) in [4.78, 5) is 0. The molecular weight excluding hydrogens is 154 g/mol. The van der Waals surface area contributed by atoms with Gasteiger partial charge in [0.25, 0.3) is 0 Å². The molecule has 66 valence electrons. The lowest BCUT2D eigenvalue weighted by Gasteiger charge is -2.21. The van der Waals surface area contributed by atoms with Gasteiger partial charge in [-0.3, -0.25) is 0 Å². The topological polar surface area (TPSA) is 34.4 Å². The van der Waals surface area contributed by atoms with Crippen LogP contribution in [0.3, 0.4) is 0 Å². The van der Waals surface area contributed by atoms with E-state index in [1.165, 1.54) is 0 Å². The zero-order valence-electron chi connectivity index (χ0n) is 7.17. The van der Waals surface area contributed by atoms with Gasteiger partial charge in [-0.05, 0) is 19.1 Å². The fourth-order valence-electron chi connectivity index (χ4n) is 1.37. The van der Waals surface area contributed by atoms with Crippen molar-refractivity contribution < 1.29 is 9.15 Å². The molecule has 0 amide bonds. The number of furan rings is 1. The molecule has 1 unspecified atom stereocenters. The van der Waals surface area contributed by atoms with E-state index in [-0.39, 0.29) is 6.10 Å². The number of nitrogens with one attached hydrogen (secondary N) is 1. The minimum atomic E-state index is 0.104. The smallest absolute Gasteiger partial charge is 0.134 e. The van der Waals surface area contributed by atoms with E-state index in [2.05, 4.69) is 5.32 Å². The summed E-state index contributed by atoms with van der Waals surface area (Å²) in [6, 6.07) is 3.94. The highest BCUT2D eigenvalue weighted by molar-refractivity contribution is 5.09. The van der Waals surface area contributed by atoms with E-state index in [1.807, 2.05) is 19.1 Å². The van der Waals surface area contributed by atoms with Gasteiger partial charge in [0.15, 0.2) is 0 Å². The van der Waals surface area contributed by atoms with Gasteiger partial charge in [-0.15, -0.1) is 0 Å². The van der Waals surface area contributed by atoms with Gasteiger partial charge < -0.3 is 14.5 Å². The Morgan fingerprint density at radius 1 is 1.50 bits per heavy atom. The van der Waals surface area contributed by atoms with Gasteiger partial charge in [0.1, 0.15) is 17.6 Å². The monoisotopic (exact) mass is 167 g/mol. The van der Waals surface area contributed by atoms with Gasteiger partial charge in [-0.1, -0.05) is 0 Å². The van der Waals surface area contributed by atoms with Crippen molar-refractivity contribution in [2.24, 2.45) is 0 Å². The maximum absolute atomic E-state index is 5.52. The van der Waals surface area contributed by atoms with Crippen molar-refractivity contribution in [2.75, 3.05) is 19.7 Å². The maximum Gasteiger partial charge on any atom is 0.134 e. The van der Waals surface area contributed by atoms with Gasteiger partial charge >= 0.3 is 0 Å². The first-order chi connectivity index (χ1) is 5.86. The molecule has 0 radical (unpaired) electrons. The summed E-state index contributed by atoms with van der Waals surface area (Å²) < 4.78 is 11.0. The molecule has 1 saturated heterocycles. The van der Waals surface area contributed by atoms with Crippen molar-refractivity contribution in [3.05, 3.63) is 23.7 Å². The van der Waals surface area contributed by atoms with Crippen LogP contribution in [0, 0.1) is 6.92 Å². The third kappa shape index (κ3) is 1.52. The molecule has 0 saturated carbocycles. The van der Waals surface area contributed by atoms with Crippen LogP contribution in [0.4, 0.5) is 0 Å². The van der Waals surface area contributed by atoms with E-state index in [1.54, 1.807) is 0 Å². The van der Waals surface area contributed by atoms with Crippen LogP contribution < -0.4 is 5.32 Å². The van der Waals surface area contributed by atoms with Crippen molar-refractivity contribution in [2.45, 2.75) is 13.0 Å². The van der Waals surface area contributed by atoms with Crippen LogP contribution in [0.5, 0.6) is 0 Å².